The minimum atomic E-state index is -0.649. The number of benzene rings is 1. The largest absolute Gasteiger partial charge is 0.475 e. The first-order valence-corrected chi connectivity index (χ1v) is 7.88. The molecular weight excluding hydrogens is 306 g/mol. The zero-order valence-electron chi connectivity index (χ0n) is 14.1. The molecule has 1 aromatic heterocycles. The first-order valence-electron chi connectivity index (χ1n) is 7.88. The van der Waals surface area contributed by atoms with Crippen molar-refractivity contribution in [1.82, 2.24) is 15.3 Å². The van der Waals surface area contributed by atoms with E-state index >= 15 is 0 Å². The van der Waals surface area contributed by atoms with E-state index in [2.05, 4.69) is 46.7 Å². The first kappa shape index (κ1) is 18.1. The second-order valence-corrected chi connectivity index (χ2v) is 6.25. The number of ether oxygens (including phenoxy) is 1. The van der Waals surface area contributed by atoms with Crippen molar-refractivity contribution in [2.45, 2.75) is 31.9 Å². The lowest BCUT2D eigenvalue weighted by molar-refractivity contribution is 0.0966. The number of anilines is 1. The number of β-amino-alcohol motifs (C(OH)–C–C–N with tert-alkyl or cyclic N) is 1. The highest BCUT2D eigenvalue weighted by Crippen LogP contribution is 2.12. The van der Waals surface area contributed by atoms with Gasteiger partial charge in [-0.05, 0) is 25.8 Å². The van der Waals surface area contributed by atoms with Crippen LogP contribution in [0.15, 0.2) is 42.6 Å². The van der Waals surface area contributed by atoms with Gasteiger partial charge in [0.25, 0.3) is 0 Å². The summed E-state index contributed by atoms with van der Waals surface area (Å²) in [7, 11) is 0. The lowest BCUT2D eigenvalue weighted by atomic mass is 9.95. The Balaban J connectivity index is 1.76. The molecule has 0 radical (unpaired) electrons. The average Bonchev–Trinajstić information content (AvgIpc) is 2.59. The highest BCUT2D eigenvalue weighted by atomic mass is 16.5. The molecule has 0 saturated carbocycles. The zero-order valence-corrected chi connectivity index (χ0v) is 14.1. The van der Waals surface area contributed by atoms with E-state index in [1.807, 2.05) is 18.2 Å². The molecule has 0 fully saturated rings. The summed E-state index contributed by atoms with van der Waals surface area (Å²) >= 11 is 0. The van der Waals surface area contributed by atoms with Crippen LogP contribution in [0, 0.1) is 0 Å². The maximum atomic E-state index is 10.1. The summed E-state index contributed by atoms with van der Waals surface area (Å²) in [6, 6.07) is 11.9. The Bertz CT molecular complexity index is 621. The number of nitrogens with zero attached hydrogens (tertiary/aromatic N) is 2. The van der Waals surface area contributed by atoms with Crippen molar-refractivity contribution in [2.24, 2.45) is 5.84 Å². The first-order chi connectivity index (χ1) is 11.5. The van der Waals surface area contributed by atoms with Crippen LogP contribution in [0.5, 0.6) is 5.88 Å². The Morgan fingerprint density at radius 2 is 2.00 bits per heavy atom. The van der Waals surface area contributed by atoms with Crippen molar-refractivity contribution in [1.29, 1.82) is 0 Å². The molecule has 24 heavy (non-hydrogen) atoms. The molecule has 0 amide bonds. The predicted octanol–water partition coefficient (Wildman–Crippen LogP) is 1.11. The zero-order chi connectivity index (χ0) is 17.4. The van der Waals surface area contributed by atoms with Crippen molar-refractivity contribution in [2.75, 3.05) is 18.6 Å². The van der Waals surface area contributed by atoms with E-state index < -0.39 is 6.10 Å². The van der Waals surface area contributed by atoms with Gasteiger partial charge in [-0.15, -0.1) is 0 Å². The number of nitrogens with one attached hydrogen (secondary N) is 2. The summed E-state index contributed by atoms with van der Waals surface area (Å²) in [5, 5.41) is 13.5. The standard InChI is InChI=1S/C17H25N5O2/c1-17(2,10-13-6-4-3-5-7-13)20-11-14(23)12-24-15-8-9-19-16(21-15)22-18/h3-9,14,20,23H,10-12,18H2,1-2H3,(H,19,21,22). The molecule has 1 heterocycles. The maximum absolute atomic E-state index is 10.1. The molecular formula is C17H25N5O2. The van der Waals surface area contributed by atoms with Gasteiger partial charge in [-0.25, -0.2) is 10.8 Å². The van der Waals surface area contributed by atoms with Gasteiger partial charge in [0, 0.05) is 24.3 Å². The van der Waals surface area contributed by atoms with Crippen LogP contribution in [0.25, 0.3) is 0 Å². The lowest BCUT2D eigenvalue weighted by Gasteiger charge is -2.28. The molecule has 1 atom stereocenters. The number of hydrazine groups is 1. The summed E-state index contributed by atoms with van der Waals surface area (Å²) in [5.74, 6) is 5.87. The molecule has 1 unspecified atom stereocenters. The van der Waals surface area contributed by atoms with Crippen LogP contribution in [-0.4, -0.2) is 39.9 Å². The maximum Gasteiger partial charge on any atom is 0.240 e. The number of nitrogens with two attached hydrogens (primary N) is 1. The average molecular weight is 331 g/mol. The van der Waals surface area contributed by atoms with E-state index in [0.717, 1.165) is 6.42 Å². The third-order valence-corrected chi connectivity index (χ3v) is 3.49. The van der Waals surface area contributed by atoms with Crippen LogP contribution in [0.4, 0.5) is 5.95 Å². The van der Waals surface area contributed by atoms with E-state index in [9.17, 15) is 5.11 Å². The van der Waals surface area contributed by atoms with Crippen molar-refractivity contribution in [3.63, 3.8) is 0 Å². The van der Waals surface area contributed by atoms with E-state index in [-0.39, 0.29) is 18.1 Å². The molecule has 130 valence electrons. The number of aromatic nitrogens is 2. The third kappa shape index (κ3) is 6.11. The molecule has 7 nitrogen and oxygen atoms in total. The molecule has 2 rings (SSSR count). The minimum absolute atomic E-state index is 0.131. The Morgan fingerprint density at radius 1 is 1.25 bits per heavy atom. The predicted molar refractivity (Wildman–Crippen MR) is 93.6 cm³/mol. The van der Waals surface area contributed by atoms with E-state index in [4.69, 9.17) is 10.6 Å². The van der Waals surface area contributed by atoms with Crippen LogP contribution in [0.2, 0.25) is 0 Å². The summed E-state index contributed by atoms with van der Waals surface area (Å²) in [5.41, 5.74) is 3.47. The summed E-state index contributed by atoms with van der Waals surface area (Å²) in [6.07, 6.45) is 1.76. The minimum Gasteiger partial charge on any atom is -0.475 e. The van der Waals surface area contributed by atoms with Gasteiger partial charge in [0.15, 0.2) is 0 Å². The van der Waals surface area contributed by atoms with Gasteiger partial charge in [-0.1, -0.05) is 30.3 Å². The fraction of sp³-hybridized carbons (Fsp3) is 0.412. The lowest BCUT2D eigenvalue weighted by Crippen LogP contribution is -2.46. The molecule has 0 aliphatic carbocycles. The molecule has 7 heteroatoms. The Kier molecular flexibility index (Phi) is 6.48. The van der Waals surface area contributed by atoms with Gasteiger partial charge >= 0.3 is 0 Å². The van der Waals surface area contributed by atoms with E-state index in [1.54, 1.807) is 6.07 Å². The second-order valence-electron chi connectivity index (χ2n) is 6.25. The van der Waals surface area contributed by atoms with Crippen LogP contribution >= 0.6 is 0 Å². The van der Waals surface area contributed by atoms with Gasteiger partial charge in [0.05, 0.1) is 0 Å². The number of nitrogen functional groups attached to an aromatic ring is 1. The van der Waals surface area contributed by atoms with E-state index in [0.29, 0.717) is 12.4 Å². The number of rotatable bonds is 9. The topological polar surface area (TPSA) is 105 Å². The molecule has 0 saturated heterocycles. The highest BCUT2D eigenvalue weighted by Gasteiger charge is 2.19. The van der Waals surface area contributed by atoms with Crippen molar-refractivity contribution < 1.29 is 9.84 Å². The summed E-state index contributed by atoms with van der Waals surface area (Å²) in [4.78, 5) is 7.92. The van der Waals surface area contributed by atoms with Crippen LogP contribution < -0.4 is 21.3 Å². The van der Waals surface area contributed by atoms with Gasteiger partial charge in [0.2, 0.25) is 11.8 Å². The molecule has 2 aromatic rings. The van der Waals surface area contributed by atoms with Gasteiger partial charge in [-0.2, -0.15) is 4.98 Å². The molecule has 0 spiro atoms. The summed E-state index contributed by atoms with van der Waals surface area (Å²) < 4.78 is 5.46. The van der Waals surface area contributed by atoms with Crippen LogP contribution in [0.1, 0.15) is 19.4 Å². The number of aliphatic hydroxyl groups excluding tert-OH is 1. The molecule has 1 aromatic carbocycles. The third-order valence-electron chi connectivity index (χ3n) is 3.49. The smallest absolute Gasteiger partial charge is 0.240 e. The number of aliphatic hydroxyl groups is 1. The number of hydrogen-bond donors (Lipinski definition) is 4. The fourth-order valence-corrected chi connectivity index (χ4v) is 2.30. The van der Waals surface area contributed by atoms with Gasteiger partial charge in [-0.3, -0.25) is 5.43 Å². The molecule has 0 aliphatic heterocycles. The van der Waals surface area contributed by atoms with E-state index in [1.165, 1.54) is 11.8 Å². The molecule has 0 bridgehead atoms. The fourth-order valence-electron chi connectivity index (χ4n) is 2.30. The Hall–Kier alpha value is -2.22. The van der Waals surface area contributed by atoms with Crippen molar-refractivity contribution in [3.05, 3.63) is 48.2 Å². The normalized spacial score (nSPS) is 12.7. The van der Waals surface area contributed by atoms with Gasteiger partial charge in [0.1, 0.15) is 12.7 Å². The molecule has 5 N–H and O–H groups in total. The van der Waals surface area contributed by atoms with Crippen molar-refractivity contribution >= 4 is 5.95 Å². The Labute approximate surface area is 142 Å². The number of hydrogen-bond acceptors (Lipinski definition) is 7. The SMILES string of the molecule is CC(C)(Cc1ccccc1)NCC(O)COc1ccnc(NN)n1. The Morgan fingerprint density at radius 3 is 2.71 bits per heavy atom. The highest BCUT2D eigenvalue weighted by molar-refractivity contribution is 5.25. The second kappa shape index (κ2) is 8.58. The summed E-state index contributed by atoms with van der Waals surface area (Å²) in [6.45, 7) is 4.77. The van der Waals surface area contributed by atoms with Crippen LogP contribution in [-0.2, 0) is 6.42 Å². The van der Waals surface area contributed by atoms with Gasteiger partial charge < -0.3 is 15.2 Å². The quantitative estimate of drug-likeness (QED) is 0.403. The van der Waals surface area contributed by atoms with Crippen LogP contribution in [0.3, 0.4) is 0 Å². The van der Waals surface area contributed by atoms with Crippen molar-refractivity contribution in [3.8, 4) is 5.88 Å². The molecule has 0 aliphatic rings. The monoisotopic (exact) mass is 331 g/mol.